The van der Waals surface area contributed by atoms with Crippen molar-refractivity contribution in [1.82, 2.24) is 4.31 Å². The smallest absolute Gasteiger partial charge is 0.340 e. The number of hydrogen-bond acceptors (Lipinski definition) is 9. The van der Waals surface area contributed by atoms with Crippen LogP contribution in [-0.2, 0) is 24.3 Å². The Kier molecular flexibility index (Phi) is 7.00. The number of morpholine rings is 1. The van der Waals surface area contributed by atoms with Gasteiger partial charge in [-0.3, -0.25) is 14.4 Å². The van der Waals surface area contributed by atoms with E-state index in [0.717, 1.165) is 0 Å². The molecule has 0 unspecified atom stereocenters. The van der Waals surface area contributed by atoms with Crippen molar-refractivity contribution in [3.63, 3.8) is 0 Å². The first-order chi connectivity index (χ1) is 18.7. The molecular weight excluding hydrogens is 526 g/mol. The minimum Gasteiger partial charge on any atom is -0.452 e. The number of nitrogen functional groups attached to an aromatic ring is 1. The van der Waals surface area contributed by atoms with Crippen molar-refractivity contribution >= 4 is 44.8 Å². The maximum atomic E-state index is 13.0. The van der Waals surface area contributed by atoms with Gasteiger partial charge in [-0.05, 0) is 30.3 Å². The number of amides is 1. The van der Waals surface area contributed by atoms with E-state index >= 15 is 0 Å². The van der Waals surface area contributed by atoms with Crippen LogP contribution < -0.4 is 11.1 Å². The Hall–Kier alpha value is -4.39. The number of anilines is 2. The Labute approximate surface area is 223 Å². The highest BCUT2D eigenvalue weighted by Gasteiger charge is 2.33. The van der Waals surface area contributed by atoms with Crippen molar-refractivity contribution in [1.29, 1.82) is 0 Å². The maximum absolute atomic E-state index is 13.0. The molecule has 1 fully saturated rings. The quantitative estimate of drug-likeness (QED) is 0.270. The van der Waals surface area contributed by atoms with E-state index in [9.17, 15) is 27.6 Å². The molecule has 3 aromatic rings. The number of esters is 1. The third-order valence-electron chi connectivity index (χ3n) is 6.41. The van der Waals surface area contributed by atoms with E-state index in [4.69, 9.17) is 15.2 Å². The number of nitrogens with one attached hydrogen (secondary N) is 1. The molecule has 1 aliphatic heterocycles. The predicted molar refractivity (Wildman–Crippen MR) is 139 cm³/mol. The number of benzene rings is 3. The van der Waals surface area contributed by atoms with Gasteiger partial charge in [0.05, 0.1) is 34.9 Å². The summed E-state index contributed by atoms with van der Waals surface area (Å²) in [5, 5.41) is 2.50. The monoisotopic (exact) mass is 549 g/mol. The number of carbonyl (C=O) groups excluding carboxylic acids is 4. The van der Waals surface area contributed by atoms with E-state index in [-0.39, 0.29) is 63.0 Å². The third-order valence-corrected chi connectivity index (χ3v) is 8.31. The summed E-state index contributed by atoms with van der Waals surface area (Å²) in [6, 6.07) is 14.6. The Morgan fingerprint density at radius 1 is 0.923 bits per heavy atom. The molecule has 1 amide bonds. The van der Waals surface area contributed by atoms with Gasteiger partial charge >= 0.3 is 5.97 Å². The van der Waals surface area contributed by atoms with Gasteiger partial charge in [0, 0.05) is 35.5 Å². The standard InChI is InChI=1S/C27H23N3O8S/c28-24-21(9-8-20-23(24)26(33)19-7-2-1-6-18(19)25(20)32)27(34)38-15-22(31)29-16-4-3-5-17(14-16)39(35,36)30-10-12-37-13-11-30/h1-9,14H,10-13,15,28H2,(H,29,31). The van der Waals surface area contributed by atoms with Crippen molar-refractivity contribution in [3.05, 3.63) is 88.5 Å². The van der Waals surface area contributed by atoms with Crippen LogP contribution in [0.4, 0.5) is 11.4 Å². The Bertz CT molecular complexity index is 1630. The first kappa shape index (κ1) is 26.2. The molecule has 5 rings (SSSR count). The molecule has 1 saturated heterocycles. The Morgan fingerprint density at radius 2 is 1.62 bits per heavy atom. The number of nitrogens with two attached hydrogens (primary N) is 1. The molecule has 0 aromatic heterocycles. The molecule has 0 spiro atoms. The van der Waals surface area contributed by atoms with Crippen LogP contribution in [0.1, 0.15) is 42.2 Å². The zero-order valence-corrected chi connectivity index (χ0v) is 21.3. The van der Waals surface area contributed by atoms with Gasteiger partial charge in [-0.2, -0.15) is 4.31 Å². The molecule has 0 saturated carbocycles. The van der Waals surface area contributed by atoms with Gasteiger partial charge in [-0.25, -0.2) is 13.2 Å². The summed E-state index contributed by atoms with van der Waals surface area (Å²) in [6.07, 6.45) is 0. The number of nitrogens with zero attached hydrogens (tertiary/aromatic N) is 1. The number of sulfonamides is 1. The molecule has 200 valence electrons. The van der Waals surface area contributed by atoms with Crippen molar-refractivity contribution in [3.8, 4) is 0 Å². The lowest BCUT2D eigenvalue weighted by atomic mass is 9.82. The van der Waals surface area contributed by atoms with Crippen LogP contribution in [0.15, 0.2) is 65.6 Å². The van der Waals surface area contributed by atoms with Gasteiger partial charge < -0.3 is 20.5 Å². The van der Waals surface area contributed by atoms with Crippen molar-refractivity contribution < 1.29 is 37.1 Å². The average Bonchev–Trinajstić information content (AvgIpc) is 2.95. The Morgan fingerprint density at radius 3 is 2.33 bits per heavy atom. The second kappa shape index (κ2) is 10.4. The zero-order chi connectivity index (χ0) is 27.7. The molecule has 1 aliphatic carbocycles. The topological polar surface area (TPSA) is 162 Å². The summed E-state index contributed by atoms with van der Waals surface area (Å²) < 4.78 is 37.3. The summed E-state index contributed by atoms with van der Waals surface area (Å²) in [5.41, 5.74) is 6.37. The first-order valence-electron chi connectivity index (χ1n) is 11.9. The molecule has 0 radical (unpaired) electrons. The van der Waals surface area contributed by atoms with Gasteiger partial charge in [0.15, 0.2) is 18.2 Å². The van der Waals surface area contributed by atoms with Crippen molar-refractivity contribution in [2.45, 2.75) is 4.90 Å². The summed E-state index contributed by atoms with van der Waals surface area (Å²) in [4.78, 5) is 51.0. The van der Waals surface area contributed by atoms with Crippen LogP contribution in [0.2, 0.25) is 0 Å². The number of ketones is 2. The highest BCUT2D eigenvalue weighted by atomic mass is 32.2. The fraction of sp³-hybridized carbons (Fsp3) is 0.185. The van der Waals surface area contributed by atoms with Gasteiger partial charge in [-0.1, -0.05) is 30.3 Å². The van der Waals surface area contributed by atoms with Crippen LogP contribution >= 0.6 is 0 Å². The van der Waals surface area contributed by atoms with Crippen LogP contribution in [0, 0.1) is 0 Å². The van der Waals surface area contributed by atoms with E-state index in [0.29, 0.717) is 13.2 Å². The van der Waals surface area contributed by atoms with Gasteiger partial charge in [-0.15, -0.1) is 0 Å². The van der Waals surface area contributed by atoms with Gasteiger partial charge in [0.1, 0.15) is 0 Å². The zero-order valence-electron chi connectivity index (χ0n) is 20.5. The highest BCUT2D eigenvalue weighted by Crippen LogP contribution is 2.33. The fourth-order valence-electron chi connectivity index (χ4n) is 4.47. The van der Waals surface area contributed by atoms with Crippen LogP contribution in [0.25, 0.3) is 0 Å². The van der Waals surface area contributed by atoms with E-state index in [1.54, 1.807) is 18.2 Å². The number of fused-ring (bicyclic) bond motifs is 2. The first-order valence-corrected chi connectivity index (χ1v) is 13.4. The fourth-order valence-corrected chi connectivity index (χ4v) is 5.92. The van der Waals surface area contributed by atoms with E-state index in [2.05, 4.69) is 5.32 Å². The maximum Gasteiger partial charge on any atom is 0.340 e. The van der Waals surface area contributed by atoms with Gasteiger partial charge in [0.2, 0.25) is 10.0 Å². The molecule has 0 bridgehead atoms. The molecular formula is C27H23N3O8S. The van der Waals surface area contributed by atoms with Crippen LogP contribution in [-0.4, -0.2) is 69.1 Å². The van der Waals surface area contributed by atoms with Gasteiger partial charge in [0.25, 0.3) is 5.91 Å². The SMILES string of the molecule is Nc1c(C(=O)OCC(=O)Nc2cccc(S(=O)(=O)N3CCOCC3)c2)ccc2c1C(=O)c1ccccc1C2=O. The Balaban J connectivity index is 1.27. The van der Waals surface area contributed by atoms with Crippen molar-refractivity contribution in [2.24, 2.45) is 0 Å². The largest absolute Gasteiger partial charge is 0.452 e. The normalized spacial score (nSPS) is 15.3. The molecule has 39 heavy (non-hydrogen) atoms. The summed E-state index contributed by atoms with van der Waals surface area (Å²) in [6.45, 7) is 0.354. The molecule has 3 aromatic carbocycles. The predicted octanol–water partition coefficient (Wildman–Crippen LogP) is 1.86. The number of hydrogen-bond donors (Lipinski definition) is 2. The number of ether oxygens (including phenoxy) is 2. The van der Waals surface area contributed by atoms with E-state index in [1.165, 1.54) is 46.8 Å². The van der Waals surface area contributed by atoms with E-state index in [1.807, 2.05) is 0 Å². The summed E-state index contributed by atoms with van der Waals surface area (Å²) in [5.74, 6) is -2.56. The molecule has 1 heterocycles. The van der Waals surface area contributed by atoms with Crippen molar-refractivity contribution in [2.75, 3.05) is 44.0 Å². The molecule has 3 N–H and O–H groups in total. The molecule has 2 aliphatic rings. The summed E-state index contributed by atoms with van der Waals surface area (Å²) >= 11 is 0. The molecule has 0 atom stereocenters. The number of rotatable bonds is 6. The lowest BCUT2D eigenvalue weighted by Crippen LogP contribution is -2.40. The highest BCUT2D eigenvalue weighted by molar-refractivity contribution is 7.89. The molecule has 11 nitrogen and oxygen atoms in total. The minimum atomic E-state index is -3.77. The third kappa shape index (κ3) is 4.92. The second-order valence-corrected chi connectivity index (χ2v) is 10.8. The second-order valence-electron chi connectivity index (χ2n) is 8.82. The lowest BCUT2D eigenvalue weighted by molar-refractivity contribution is -0.119. The minimum absolute atomic E-state index is 0.00168. The summed E-state index contributed by atoms with van der Waals surface area (Å²) in [7, 11) is -3.77. The van der Waals surface area contributed by atoms with Crippen LogP contribution in [0.3, 0.4) is 0 Å². The lowest BCUT2D eigenvalue weighted by Gasteiger charge is -2.26. The van der Waals surface area contributed by atoms with E-state index < -0.39 is 34.3 Å². The van der Waals surface area contributed by atoms with Crippen LogP contribution in [0.5, 0.6) is 0 Å². The average molecular weight is 550 g/mol. The molecule has 12 heteroatoms. The number of carbonyl (C=O) groups is 4.